The quantitative estimate of drug-likeness (QED) is 0.484. The van der Waals surface area contributed by atoms with Gasteiger partial charge in [-0.3, -0.25) is 10.1 Å². The largest absolute Gasteiger partial charge is 0.392 e. The third-order valence-corrected chi connectivity index (χ3v) is 2.22. The number of hydrogen-bond acceptors (Lipinski definition) is 6. The molecule has 0 aliphatic heterocycles. The maximum absolute atomic E-state index is 13.1. The van der Waals surface area contributed by atoms with Crippen molar-refractivity contribution in [1.29, 1.82) is 0 Å². The minimum atomic E-state index is -3.92. The van der Waals surface area contributed by atoms with Crippen LogP contribution in [0, 0.1) is 15.9 Å². The Morgan fingerprint density at radius 3 is 2.53 bits per heavy atom. The van der Waals surface area contributed by atoms with Crippen molar-refractivity contribution < 1.29 is 27.0 Å². The summed E-state index contributed by atoms with van der Waals surface area (Å²) in [5, 5.41) is 19.3. The van der Waals surface area contributed by atoms with Gasteiger partial charge >= 0.3 is 15.8 Å². The van der Waals surface area contributed by atoms with Gasteiger partial charge in [-0.05, 0) is 6.07 Å². The van der Waals surface area contributed by atoms with E-state index in [1.54, 1.807) is 0 Å². The predicted molar refractivity (Wildman–Crippen MR) is 54.4 cm³/mol. The Kier molecular flexibility index (Phi) is 3.63. The third kappa shape index (κ3) is 3.36. The van der Waals surface area contributed by atoms with Crippen molar-refractivity contribution in [2.75, 3.05) is 6.26 Å². The van der Waals surface area contributed by atoms with Gasteiger partial charge in [0.1, 0.15) is 0 Å². The first kappa shape index (κ1) is 13.3. The van der Waals surface area contributed by atoms with Crippen LogP contribution in [0.2, 0.25) is 0 Å². The summed E-state index contributed by atoms with van der Waals surface area (Å²) < 4.78 is 39.3. The monoisotopic (exact) mass is 265 g/mol. The lowest BCUT2D eigenvalue weighted by Gasteiger charge is -2.07. The van der Waals surface area contributed by atoms with Gasteiger partial charge in [-0.25, -0.2) is 0 Å². The van der Waals surface area contributed by atoms with Crippen molar-refractivity contribution in [2.45, 2.75) is 6.61 Å². The average molecular weight is 265 g/mol. The van der Waals surface area contributed by atoms with Crippen molar-refractivity contribution in [1.82, 2.24) is 0 Å². The van der Waals surface area contributed by atoms with E-state index in [-0.39, 0.29) is 5.56 Å². The lowest BCUT2D eigenvalue weighted by Crippen LogP contribution is -2.08. The Balaban J connectivity index is 3.36. The van der Waals surface area contributed by atoms with E-state index in [1.807, 2.05) is 0 Å². The van der Waals surface area contributed by atoms with Crippen LogP contribution in [0.25, 0.3) is 0 Å². The minimum Gasteiger partial charge on any atom is -0.392 e. The van der Waals surface area contributed by atoms with Crippen LogP contribution < -0.4 is 4.18 Å². The first-order chi connectivity index (χ1) is 7.74. The summed E-state index contributed by atoms with van der Waals surface area (Å²) in [6.07, 6.45) is 0.726. The number of benzene rings is 1. The van der Waals surface area contributed by atoms with E-state index in [0.717, 1.165) is 6.26 Å². The van der Waals surface area contributed by atoms with Crippen LogP contribution in [-0.4, -0.2) is 24.7 Å². The lowest BCUT2D eigenvalue weighted by molar-refractivity contribution is -0.387. The van der Waals surface area contributed by atoms with Gasteiger partial charge < -0.3 is 9.29 Å². The summed E-state index contributed by atoms with van der Waals surface area (Å²) in [7, 11) is -3.92. The highest BCUT2D eigenvalue weighted by atomic mass is 32.2. The zero-order valence-electron chi connectivity index (χ0n) is 8.58. The van der Waals surface area contributed by atoms with Crippen molar-refractivity contribution in [3.05, 3.63) is 33.6 Å². The van der Waals surface area contributed by atoms with Crippen molar-refractivity contribution in [3.8, 4) is 5.75 Å². The molecule has 0 fully saturated rings. The minimum absolute atomic E-state index is 0.196. The molecule has 1 aromatic rings. The van der Waals surface area contributed by atoms with Crippen LogP contribution in [0.1, 0.15) is 5.56 Å². The highest BCUT2D eigenvalue weighted by Gasteiger charge is 2.20. The number of nitro benzene ring substituents is 1. The molecular formula is C8H8FNO6S. The van der Waals surface area contributed by atoms with E-state index in [4.69, 9.17) is 5.11 Å². The Morgan fingerprint density at radius 1 is 1.53 bits per heavy atom. The van der Waals surface area contributed by atoms with Crippen molar-refractivity contribution >= 4 is 15.8 Å². The van der Waals surface area contributed by atoms with E-state index in [0.29, 0.717) is 12.1 Å². The van der Waals surface area contributed by atoms with Crippen LogP contribution in [0.5, 0.6) is 5.75 Å². The number of hydrogen-bond donors (Lipinski definition) is 1. The molecule has 1 rings (SSSR count). The molecule has 0 aliphatic carbocycles. The molecule has 1 N–H and O–H groups in total. The summed E-state index contributed by atoms with van der Waals surface area (Å²) >= 11 is 0. The van der Waals surface area contributed by atoms with Gasteiger partial charge in [0, 0.05) is 5.56 Å². The second-order valence-electron chi connectivity index (χ2n) is 3.11. The fourth-order valence-electron chi connectivity index (χ4n) is 1.09. The fraction of sp³-hybridized carbons (Fsp3) is 0.250. The summed E-state index contributed by atoms with van der Waals surface area (Å²) in [5.41, 5.74) is -1.13. The van der Waals surface area contributed by atoms with E-state index < -0.39 is 38.9 Å². The molecule has 0 amide bonds. The molecule has 0 aliphatic rings. The summed E-state index contributed by atoms with van der Waals surface area (Å²) in [5.74, 6) is -1.65. The number of halogens is 1. The Morgan fingerprint density at radius 2 is 2.12 bits per heavy atom. The molecule has 1 aromatic carbocycles. The summed E-state index contributed by atoms with van der Waals surface area (Å²) in [6.45, 7) is -0.709. The number of aliphatic hydroxyl groups excluding tert-OH is 1. The normalized spacial score (nSPS) is 11.2. The van der Waals surface area contributed by atoms with Gasteiger partial charge in [0.05, 0.1) is 23.9 Å². The van der Waals surface area contributed by atoms with Gasteiger partial charge in [0.15, 0.2) is 5.75 Å². The predicted octanol–water partition coefficient (Wildman–Crippen LogP) is 0.565. The highest BCUT2D eigenvalue weighted by Crippen LogP contribution is 2.28. The van der Waals surface area contributed by atoms with Crippen molar-refractivity contribution in [2.24, 2.45) is 0 Å². The average Bonchev–Trinajstić information content (AvgIpc) is 2.17. The molecule has 0 spiro atoms. The molecule has 0 atom stereocenters. The standard InChI is InChI=1S/C8H8FNO6S/c1-17(14,15)16-8-3-7(10(12)13)6(9)2-5(8)4-11/h2-3,11H,4H2,1H3. The van der Waals surface area contributed by atoms with Crippen LogP contribution >= 0.6 is 0 Å². The number of rotatable bonds is 4. The van der Waals surface area contributed by atoms with Crippen LogP contribution in [-0.2, 0) is 16.7 Å². The molecule has 0 aromatic heterocycles. The second kappa shape index (κ2) is 4.63. The maximum Gasteiger partial charge on any atom is 0.308 e. The van der Waals surface area contributed by atoms with Crippen molar-refractivity contribution in [3.63, 3.8) is 0 Å². The third-order valence-electron chi connectivity index (χ3n) is 1.74. The SMILES string of the molecule is CS(=O)(=O)Oc1cc([N+](=O)[O-])c(F)cc1CO. The molecule has 0 radical (unpaired) electrons. The smallest absolute Gasteiger partial charge is 0.308 e. The van der Waals surface area contributed by atoms with E-state index in [1.165, 1.54) is 0 Å². The van der Waals surface area contributed by atoms with E-state index in [2.05, 4.69) is 4.18 Å². The zero-order valence-corrected chi connectivity index (χ0v) is 9.40. The van der Waals surface area contributed by atoms with E-state index in [9.17, 15) is 22.9 Å². The molecular weight excluding hydrogens is 257 g/mol. The van der Waals surface area contributed by atoms with Crippen LogP contribution in [0.3, 0.4) is 0 Å². The topological polar surface area (TPSA) is 107 Å². The van der Waals surface area contributed by atoms with Crippen LogP contribution in [0.15, 0.2) is 12.1 Å². The molecule has 0 saturated heterocycles. The number of nitro groups is 1. The first-order valence-corrected chi connectivity index (χ1v) is 6.03. The molecule has 0 heterocycles. The molecule has 17 heavy (non-hydrogen) atoms. The Bertz CT molecular complexity index is 555. The van der Waals surface area contributed by atoms with Gasteiger partial charge in [-0.1, -0.05) is 0 Å². The van der Waals surface area contributed by atoms with Gasteiger partial charge in [-0.2, -0.15) is 12.8 Å². The first-order valence-electron chi connectivity index (χ1n) is 4.21. The number of nitrogens with zero attached hydrogens (tertiary/aromatic N) is 1. The van der Waals surface area contributed by atoms with Crippen LogP contribution in [0.4, 0.5) is 10.1 Å². The zero-order chi connectivity index (χ0) is 13.2. The molecule has 0 bridgehead atoms. The summed E-state index contributed by atoms with van der Waals surface area (Å²) in [4.78, 5) is 9.42. The lowest BCUT2D eigenvalue weighted by atomic mass is 10.2. The summed E-state index contributed by atoms with van der Waals surface area (Å²) in [6, 6.07) is 1.26. The molecule has 7 nitrogen and oxygen atoms in total. The maximum atomic E-state index is 13.1. The molecule has 94 valence electrons. The highest BCUT2D eigenvalue weighted by molar-refractivity contribution is 7.86. The number of aliphatic hydroxyl groups is 1. The van der Waals surface area contributed by atoms with Gasteiger partial charge in [0.25, 0.3) is 0 Å². The second-order valence-corrected chi connectivity index (χ2v) is 4.69. The molecule has 0 unspecified atom stereocenters. The fourth-order valence-corrected chi connectivity index (χ4v) is 1.57. The van der Waals surface area contributed by atoms with E-state index >= 15 is 0 Å². The Hall–Kier alpha value is -1.74. The Labute approximate surface area is 95.7 Å². The molecule has 9 heteroatoms. The van der Waals surface area contributed by atoms with Gasteiger partial charge in [0.2, 0.25) is 5.82 Å². The van der Waals surface area contributed by atoms with Gasteiger partial charge in [-0.15, -0.1) is 0 Å². The molecule has 0 saturated carbocycles.